The van der Waals surface area contributed by atoms with Crippen molar-refractivity contribution < 1.29 is 14.3 Å². The lowest BCUT2D eigenvalue weighted by Crippen LogP contribution is -2.49. The third-order valence-corrected chi connectivity index (χ3v) is 3.08. The Morgan fingerprint density at radius 2 is 2.05 bits per heavy atom. The smallest absolute Gasteiger partial charge is 0.338 e. The molecule has 2 amide bonds. The van der Waals surface area contributed by atoms with Crippen molar-refractivity contribution in [1.82, 2.24) is 10.6 Å². The van der Waals surface area contributed by atoms with Gasteiger partial charge in [-0.2, -0.15) is 0 Å². The van der Waals surface area contributed by atoms with Crippen molar-refractivity contribution in [2.24, 2.45) is 0 Å². The zero-order valence-electron chi connectivity index (χ0n) is 12.1. The van der Waals surface area contributed by atoms with Crippen LogP contribution in [0.25, 0.3) is 6.08 Å². The summed E-state index contributed by atoms with van der Waals surface area (Å²) in [5, 5.41) is 5.30. The van der Waals surface area contributed by atoms with Gasteiger partial charge in [-0.25, -0.2) is 9.59 Å². The quantitative estimate of drug-likeness (QED) is 0.834. The molecule has 0 aromatic heterocycles. The number of allylic oxidation sites excluding steroid dienone is 1. The van der Waals surface area contributed by atoms with Gasteiger partial charge in [0.1, 0.15) is 0 Å². The summed E-state index contributed by atoms with van der Waals surface area (Å²) in [6.07, 6.45) is 3.65. The summed E-state index contributed by atoms with van der Waals surface area (Å²) < 4.78 is 5.05. The molecule has 1 aromatic carbocycles. The van der Waals surface area contributed by atoms with E-state index in [9.17, 15) is 9.59 Å². The highest BCUT2D eigenvalue weighted by molar-refractivity contribution is 5.95. The molecule has 2 rings (SSSR count). The van der Waals surface area contributed by atoms with Crippen molar-refractivity contribution in [3.63, 3.8) is 0 Å². The second-order valence-electron chi connectivity index (χ2n) is 4.61. The van der Waals surface area contributed by atoms with Crippen LogP contribution < -0.4 is 10.6 Å². The van der Waals surface area contributed by atoms with E-state index >= 15 is 0 Å². The van der Waals surface area contributed by atoms with Crippen LogP contribution in [-0.4, -0.2) is 24.6 Å². The normalized spacial score (nSPS) is 18.4. The van der Waals surface area contributed by atoms with Crippen LogP contribution in [0.1, 0.15) is 19.4 Å². The van der Waals surface area contributed by atoms with Crippen LogP contribution in [0.4, 0.5) is 4.79 Å². The minimum absolute atomic E-state index is 0.290. The molecular weight excluding hydrogens is 268 g/mol. The van der Waals surface area contributed by atoms with Gasteiger partial charge in [-0.3, -0.25) is 0 Å². The van der Waals surface area contributed by atoms with E-state index in [-0.39, 0.29) is 6.03 Å². The molecule has 0 spiro atoms. The molecule has 2 N–H and O–H groups in total. The third kappa shape index (κ3) is 3.72. The first kappa shape index (κ1) is 14.8. The fourth-order valence-corrected chi connectivity index (χ4v) is 2.13. The van der Waals surface area contributed by atoms with Crippen LogP contribution in [0.2, 0.25) is 0 Å². The van der Waals surface area contributed by atoms with E-state index in [2.05, 4.69) is 10.6 Å². The van der Waals surface area contributed by atoms with Crippen LogP contribution in [0.15, 0.2) is 47.7 Å². The topological polar surface area (TPSA) is 67.4 Å². The monoisotopic (exact) mass is 286 g/mol. The van der Waals surface area contributed by atoms with Crippen LogP contribution in [0.3, 0.4) is 0 Å². The number of esters is 1. The van der Waals surface area contributed by atoms with Crippen molar-refractivity contribution >= 4 is 18.1 Å². The predicted molar refractivity (Wildman–Crippen MR) is 80.3 cm³/mol. The van der Waals surface area contributed by atoms with Crippen molar-refractivity contribution in [1.29, 1.82) is 0 Å². The molecule has 0 aliphatic carbocycles. The van der Waals surface area contributed by atoms with Crippen LogP contribution >= 0.6 is 0 Å². The zero-order chi connectivity index (χ0) is 15.2. The van der Waals surface area contributed by atoms with E-state index in [1.807, 2.05) is 36.4 Å². The molecule has 5 nitrogen and oxygen atoms in total. The predicted octanol–water partition coefficient (Wildman–Crippen LogP) is 2.22. The van der Waals surface area contributed by atoms with Gasteiger partial charge in [0.25, 0.3) is 0 Å². The van der Waals surface area contributed by atoms with Gasteiger partial charge in [-0.1, -0.05) is 42.5 Å². The van der Waals surface area contributed by atoms with E-state index in [1.54, 1.807) is 19.9 Å². The lowest BCUT2D eigenvalue weighted by molar-refractivity contribution is -0.138. The van der Waals surface area contributed by atoms with Gasteiger partial charge in [0.2, 0.25) is 0 Å². The maximum absolute atomic E-state index is 12.0. The minimum Gasteiger partial charge on any atom is -0.463 e. The zero-order valence-corrected chi connectivity index (χ0v) is 12.1. The standard InChI is InChI=1S/C16H18N2O3/c1-3-21-15(19)14-11(2)17-16(20)18-13(14)10-9-12-7-5-4-6-8-12/h4-10,13H,3H2,1-2H3,(H2,17,18,20)/b10-9-/t13-/m0/s1. The Kier molecular flexibility index (Phi) is 4.77. The molecule has 0 unspecified atom stereocenters. The van der Waals surface area contributed by atoms with Crippen molar-refractivity contribution in [3.8, 4) is 0 Å². The molecule has 0 bridgehead atoms. The molecule has 1 heterocycles. The fourth-order valence-electron chi connectivity index (χ4n) is 2.13. The Hall–Kier alpha value is -2.56. The molecule has 110 valence electrons. The summed E-state index contributed by atoms with van der Waals surface area (Å²) in [6, 6.07) is 8.83. The molecule has 1 aliphatic rings. The first-order valence-electron chi connectivity index (χ1n) is 6.80. The van der Waals surface area contributed by atoms with Crippen LogP contribution in [0, 0.1) is 0 Å². The highest BCUT2D eigenvalue weighted by atomic mass is 16.5. The second kappa shape index (κ2) is 6.74. The van der Waals surface area contributed by atoms with Gasteiger partial charge in [0.15, 0.2) is 0 Å². The van der Waals surface area contributed by atoms with Gasteiger partial charge in [0, 0.05) is 5.70 Å². The van der Waals surface area contributed by atoms with E-state index in [1.165, 1.54) is 0 Å². The number of carbonyl (C=O) groups excluding carboxylic acids is 2. The summed E-state index contributed by atoms with van der Waals surface area (Å²) in [5.41, 5.74) is 1.93. The number of hydrogen-bond acceptors (Lipinski definition) is 3. The Bertz CT molecular complexity index is 591. The highest BCUT2D eigenvalue weighted by Crippen LogP contribution is 2.16. The number of rotatable bonds is 4. The Morgan fingerprint density at radius 1 is 1.33 bits per heavy atom. The van der Waals surface area contributed by atoms with Crippen molar-refractivity contribution in [2.75, 3.05) is 6.61 Å². The number of carbonyl (C=O) groups is 2. The van der Waals surface area contributed by atoms with E-state index in [0.29, 0.717) is 17.9 Å². The average Bonchev–Trinajstić information content (AvgIpc) is 2.45. The number of benzene rings is 1. The van der Waals surface area contributed by atoms with Crippen molar-refractivity contribution in [3.05, 3.63) is 53.2 Å². The molecule has 1 aromatic rings. The summed E-state index contributed by atoms with van der Waals surface area (Å²) in [7, 11) is 0. The number of hydrogen-bond donors (Lipinski definition) is 2. The van der Waals surface area contributed by atoms with E-state index in [4.69, 9.17) is 4.74 Å². The third-order valence-electron chi connectivity index (χ3n) is 3.08. The summed E-state index contributed by atoms with van der Waals surface area (Å²) in [4.78, 5) is 23.6. The maximum Gasteiger partial charge on any atom is 0.338 e. The molecule has 0 saturated heterocycles. The Morgan fingerprint density at radius 3 is 2.71 bits per heavy atom. The summed E-state index contributed by atoms with van der Waals surface area (Å²) in [6.45, 7) is 3.73. The van der Waals surface area contributed by atoms with Gasteiger partial charge >= 0.3 is 12.0 Å². The number of urea groups is 1. The summed E-state index contributed by atoms with van der Waals surface area (Å²) >= 11 is 0. The van der Waals surface area contributed by atoms with Gasteiger partial charge in [0.05, 0.1) is 18.2 Å². The van der Waals surface area contributed by atoms with Gasteiger partial charge in [-0.05, 0) is 19.4 Å². The Balaban J connectivity index is 2.26. The lowest BCUT2D eigenvalue weighted by atomic mass is 10.0. The SMILES string of the molecule is CCOC(=O)C1=C(C)NC(=O)N[C@H]1/C=C\c1ccccc1. The van der Waals surface area contributed by atoms with Gasteiger partial charge in [-0.15, -0.1) is 0 Å². The number of nitrogens with one attached hydrogen (secondary N) is 2. The Labute approximate surface area is 123 Å². The molecule has 1 aliphatic heterocycles. The maximum atomic E-state index is 12.0. The minimum atomic E-state index is -0.502. The highest BCUT2D eigenvalue weighted by Gasteiger charge is 2.28. The van der Waals surface area contributed by atoms with Crippen LogP contribution in [-0.2, 0) is 9.53 Å². The first-order valence-corrected chi connectivity index (χ1v) is 6.80. The number of amides is 2. The second-order valence-corrected chi connectivity index (χ2v) is 4.61. The summed E-state index contributed by atoms with van der Waals surface area (Å²) in [5.74, 6) is -0.426. The lowest BCUT2D eigenvalue weighted by Gasteiger charge is -2.25. The molecule has 0 radical (unpaired) electrons. The largest absolute Gasteiger partial charge is 0.463 e. The molecule has 5 heteroatoms. The fraction of sp³-hybridized carbons (Fsp3) is 0.250. The first-order chi connectivity index (χ1) is 10.1. The van der Waals surface area contributed by atoms with Crippen LogP contribution in [0.5, 0.6) is 0 Å². The molecule has 21 heavy (non-hydrogen) atoms. The molecule has 0 fully saturated rings. The molecule has 1 atom stereocenters. The van der Waals surface area contributed by atoms with E-state index in [0.717, 1.165) is 5.56 Å². The van der Waals surface area contributed by atoms with Gasteiger partial charge < -0.3 is 15.4 Å². The number of ether oxygens (including phenoxy) is 1. The van der Waals surface area contributed by atoms with Crippen molar-refractivity contribution in [2.45, 2.75) is 19.9 Å². The molecular formula is C16H18N2O3. The molecule has 0 saturated carbocycles. The average molecular weight is 286 g/mol. The van der Waals surface area contributed by atoms with E-state index < -0.39 is 12.0 Å².